The van der Waals surface area contributed by atoms with E-state index in [2.05, 4.69) is 10.9 Å². The maximum atomic E-state index is 9.39. The molecule has 0 spiro atoms. The van der Waals surface area contributed by atoms with Crippen LogP contribution in [0.5, 0.6) is 0 Å². The smallest absolute Gasteiger partial charge is 0.516 e. The molecule has 0 aromatic carbocycles. The van der Waals surface area contributed by atoms with Gasteiger partial charge in [-0.2, -0.15) is 0 Å². The van der Waals surface area contributed by atoms with Gasteiger partial charge in [0.2, 0.25) is 0 Å². The molecule has 0 aliphatic carbocycles. The summed E-state index contributed by atoms with van der Waals surface area (Å²) >= 11 is 0. The van der Waals surface area contributed by atoms with Crippen LogP contribution in [-0.4, -0.2) is 14.9 Å². The van der Waals surface area contributed by atoms with Crippen molar-refractivity contribution in [3.63, 3.8) is 0 Å². The minimum atomic E-state index is -2.92. The summed E-state index contributed by atoms with van der Waals surface area (Å²) in [6.45, 7) is 2.92. The average molecular weight is 300 g/mol. The van der Waals surface area contributed by atoms with E-state index < -0.39 is 16.5 Å². The van der Waals surface area contributed by atoms with Gasteiger partial charge in [-0.1, -0.05) is 6.58 Å². The molecule has 3 N–H and O–H groups in total. The molecule has 0 aromatic heterocycles. The fourth-order valence-electron chi connectivity index (χ4n) is 0.0598. The van der Waals surface area contributed by atoms with E-state index in [0.29, 0.717) is 0 Å². The van der Waals surface area contributed by atoms with Gasteiger partial charge in [-0.15, -0.1) is 9.79 Å². The molecule has 0 saturated carbocycles. The summed E-state index contributed by atoms with van der Waals surface area (Å²) in [4.78, 5) is 15.3. The molecule has 0 amide bonds. The van der Waals surface area contributed by atoms with E-state index >= 15 is 0 Å². The maximum absolute atomic E-state index is 9.39. The van der Waals surface area contributed by atoms with E-state index in [0.717, 1.165) is 6.26 Å². The van der Waals surface area contributed by atoms with Gasteiger partial charge in [0.15, 0.2) is 4.31 Å². The van der Waals surface area contributed by atoms with Crippen LogP contribution in [0.15, 0.2) is 12.8 Å². The molecule has 6 nitrogen and oxygen atoms in total. The molecule has 0 aliphatic rings. The van der Waals surface area contributed by atoms with Crippen molar-refractivity contribution in [2.45, 2.75) is 0 Å². The van der Waals surface area contributed by atoms with Gasteiger partial charge >= 0.3 is 16.5 Å². The van der Waals surface area contributed by atoms with Crippen molar-refractivity contribution in [2.75, 3.05) is 0 Å². The first-order chi connectivity index (χ1) is 4.54. The third-order valence-electron chi connectivity index (χ3n) is 0.140. The van der Waals surface area contributed by atoms with Crippen LogP contribution in [0.2, 0.25) is 0 Å². The number of aliphatic hydroxyl groups excluding tert-OH is 1. The van der Waals surface area contributed by atoms with Crippen molar-refractivity contribution in [1.29, 1.82) is 0 Å². The standard InChI is InChI=1S/C2H4O.Cd.O5P2/c1-2-3;;1-6(2)5-7(3)4/h2-3H,1H2;;/p+2. The Bertz CT molecular complexity index is 125. The number of hydrogen-bond acceptors (Lipinski definition) is 4. The number of rotatable bonds is 2. The fraction of sp³-hybridized carbons (Fsp3) is 0. The average Bonchev–Trinajstić information content (AvgIpc) is 1.62. The van der Waals surface area contributed by atoms with Gasteiger partial charge in [-0.3, -0.25) is 0 Å². The summed E-state index contributed by atoms with van der Waals surface area (Å²) in [5, 5.41) is 7.33. The summed E-state index contributed by atoms with van der Waals surface area (Å²) in [5.41, 5.74) is 0. The Morgan fingerprint density at radius 3 is 1.45 bits per heavy atom. The van der Waals surface area contributed by atoms with Crippen LogP contribution >= 0.6 is 16.5 Å². The first kappa shape index (κ1) is 17.6. The van der Waals surface area contributed by atoms with Gasteiger partial charge in [-0.25, -0.2) is 0 Å². The van der Waals surface area contributed by atoms with Crippen LogP contribution in [0.25, 0.3) is 0 Å². The monoisotopic (exact) mass is 302 g/mol. The third-order valence-corrected chi connectivity index (χ3v) is 1.26. The molecule has 0 fully saturated rings. The second kappa shape index (κ2) is 13.2. The molecular formula is C2H6CdO6P2+2. The van der Waals surface area contributed by atoms with E-state index in [1.54, 1.807) is 0 Å². The molecule has 0 rings (SSSR count). The van der Waals surface area contributed by atoms with Gasteiger partial charge in [0.05, 0.1) is 6.26 Å². The maximum Gasteiger partial charge on any atom is 0.745 e. The molecule has 0 aliphatic heterocycles. The van der Waals surface area contributed by atoms with Crippen molar-refractivity contribution in [2.24, 2.45) is 0 Å². The van der Waals surface area contributed by atoms with Crippen molar-refractivity contribution < 1.29 is 55.6 Å². The molecule has 2 atom stereocenters. The first-order valence-electron chi connectivity index (χ1n) is 1.80. The molecule has 0 heterocycles. The Morgan fingerprint density at radius 1 is 1.27 bits per heavy atom. The van der Waals surface area contributed by atoms with E-state index in [4.69, 9.17) is 14.9 Å². The Hall–Kier alpha value is 0.542. The van der Waals surface area contributed by atoms with Crippen LogP contribution in [0, 0.1) is 0 Å². The van der Waals surface area contributed by atoms with Crippen LogP contribution in [0.3, 0.4) is 0 Å². The molecule has 0 bridgehead atoms. The Labute approximate surface area is 85.0 Å². The van der Waals surface area contributed by atoms with Crippen molar-refractivity contribution >= 4 is 16.5 Å². The first-order valence-corrected chi connectivity index (χ1v) is 4.06. The third kappa shape index (κ3) is 37.3. The molecule has 0 radical (unpaired) electrons. The van der Waals surface area contributed by atoms with Crippen molar-refractivity contribution in [3.05, 3.63) is 12.8 Å². The second-order valence-corrected chi connectivity index (χ2v) is 2.34. The Morgan fingerprint density at radius 2 is 1.45 bits per heavy atom. The number of hydrogen-bond donors (Lipinski definition) is 3. The summed E-state index contributed by atoms with van der Waals surface area (Å²) < 4.78 is 22.2. The van der Waals surface area contributed by atoms with Crippen LogP contribution in [0.1, 0.15) is 0 Å². The Kier molecular flexibility index (Phi) is 21.0. The van der Waals surface area contributed by atoms with Gasteiger partial charge in [0, 0.05) is 36.4 Å². The van der Waals surface area contributed by atoms with Crippen LogP contribution in [-0.2, 0) is 40.7 Å². The van der Waals surface area contributed by atoms with Gasteiger partial charge in [0.25, 0.3) is 0 Å². The summed E-state index contributed by atoms with van der Waals surface area (Å²) in [6, 6.07) is 0. The van der Waals surface area contributed by atoms with Crippen LogP contribution in [0.4, 0.5) is 0 Å². The van der Waals surface area contributed by atoms with E-state index in [9.17, 15) is 9.13 Å². The zero-order valence-corrected chi connectivity index (χ0v) is 11.3. The van der Waals surface area contributed by atoms with E-state index in [1.165, 1.54) is 0 Å². The normalized spacial score (nSPS) is 9.64. The Balaban J connectivity index is -0.000000140. The molecule has 11 heavy (non-hydrogen) atoms. The molecule has 0 aromatic rings. The molecular weight excluding hydrogens is 294 g/mol. The van der Waals surface area contributed by atoms with Crippen molar-refractivity contribution in [1.82, 2.24) is 0 Å². The predicted molar refractivity (Wildman–Crippen MR) is 33.6 cm³/mol. The largest absolute Gasteiger partial charge is 0.745 e. The second-order valence-electron chi connectivity index (χ2n) is 0.740. The van der Waals surface area contributed by atoms with E-state index in [-0.39, 0.29) is 27.3 Å². The van der Waals surface area contributed by atoms with Crippen molar-refractivity contribution in [3.8, 4) is 0 Å². The summed E-state index contributed by atoms with van der Waals surface area (Å²) in [5.74, 6) is 0. The molecule has 60 valence electrons. The SMILES string of the molecule is C=CO.O=[P+](O)O[P+](=O)O.[Cd]. The summed E-state index contributed by atoms with van der Waals surface area (Å²) in [6.07, 6.45) is 0.750. The minimum absolute atomic E-state index is 0. The zero-order chi connectivity index (χ0) is 8.57. The zero-order valence-electron chi connectivity index (χ0n) is 5.45. The topological polar surface area (TPSA) is 104 Å². The minimum Gasteiger partial charge on any atom is -0.516 e. The molecule has 2 unspecified atom stereocenters. The van der Waals surface area contributed by atoms with Gasteiger partial charge in [-0.05, 0) is 0 Å². The predicted octanol–water partition coefficient (Wildman–Crippen LogP) is 0.988. The van der Waals surface area contributed by atoms with Gasteiger partial charge in [0.1, 0.15) is 0 Å². The fourth-order valence-corrected chi connectivity index (χ4v) is 0.538. The quantitative estimate of drug-likeness (QED) is 0.399. The van der Waals surface area contributed by atoms with Crippen LogP contribution < -0.4 is 0 Å². The summed E-state index contributed by atoms with van der Waals surface area (Å²) in [7, 11) is -5.85. The molecule has 9 heteroatoms. The van der Waals surface area contributed by atoms with Gasteiger partial charge < -0.3 is 5.11 Å². The molecule has 0 saturated heterocycles. The van der Waals surface area contributed by atoms with E-state index in [1.807, 2.05) is 0 Å². The number of aliphatic hydroxyl groups is 1.